The first kappa shape index (κ1) is 15.5. The lowest BCUT2D eigenvalue weighted by Crippen LogP contribution is -2.17. The molecular weight excluding hydrogens is 277 g/mol. The summed E-state index contributed by atoms with van der Waals surface area (Å²) in [5, 5.41) is 0. The molecular formula is C16H17F3N2. The number of rotatable bonds is 4. The van der Waals surface area contributed by atoms with Gasteiger partial charge in [0.25, 0.3) is 0 Å². The van der Waals surface area contributed by atoms with Gasteiger partial charge in [0.05, 0.1) is 17.3 Å². The number of aryl methyl sites for hydroxylation is 1. The minimum Gasteiger partial charge on any atom is -0.322 e. The van der Waals surface area contributed by atoms with E-state index in [0.717, 1.165) is 35.4 Å². The van der Waals surface area contributed by atoms with Crippen molar-refractivity contribution in [3.63, 3.8) is 0 Å². The third kappa shape index (κ3) is 3.82. The Kier molecular flexibility index (Phi) is 4.63. The number of halogens is 3. The molecule has 112 valence electrons. The minimum absolute atomic E-state index is 0.321. The molecule has 0 amide bonds. The molecule has 0 aliphatic rings. The van der Waals surface area contributed by atoms with Gasteiger partial charge in [-0.05, 0) is 42.2 Å². The minimum atomic E-state index is -4.31. The Morgan fingerprint density at radius 3 is 2.38 bits per heavy atom. The van der Waals surface area contributed by atoms with E-state index in [9.17, 15) is 13.2 Å². The molecule has 0 aliphatic carbocycles. The van der Waals surface area contributed by atoms with Crippen molar-refractivity contribution in [3.05, 3.63) is 65.0 Å². The van der Waals surface area contributed by atoms with Gasteiger partial charge in [0, 0.05) is 6.20 Å². The van der Waals surface area contributed by atoms with Crippen molar-refractivity contribution in [3.8, 4) is 0 Å². The SMILES string of the molecule is CCc1cccnc1C(N)Cc1ccc(C(F)(F)F)cc1. The highest BCUT2D eigenvalue weighted by atomic mass is 19.4. The van der Waals surface area contributed by atoms with Crippen LogP contribution < -0.4 is 5.73 Å². The lowest BCUT2D eigenvalue weighted by atomic mass is 9.98. The fourth-order valence-electron chi connectivity index (χ4n) is 2.26. The second kappa shape index (κ2) is 6.26. The quantitative estimate of drug-likeness (QED) is 0.928. The normalized spacial score (nSPS) is 13.2. The standard InChI is InChI=1S/C16H17F3N2/c1-2-12-4-3-9-21-15(12)14(20)10-11-5-7-13(8-6-11)16(17,18)19/h3-9,14H,2,10,20H2,1H3. The van der Waals surface area contributed by atoms with Crippen LogP contribution in [0.3, 0.4) is 0 Å². The number of pyridine rings is 1. The molecule has 0 spiro atoms. The third-order valence-corrected chi connectivity index (χ3v) is 3.40. The van der Waals surface area contributed by atoms with Crippen molar-refractivity contribution in [1.29, 1.82) is 0 Å². The monoisotopic (exact) mass is 294 g/mol. The highest BCUT2D eigenvalue weighted by Crippen LogP contribution is 2.29. The number of alkyl halides is 3. The summed E-state index contributed by atoms with van der Waals surface area (Å²) in [4.78, 5) is 4.30. The molecule has 0 saturated heterocycles. The average Bonchev–Trinajstić information content (AvgIpc) is 2.46. The van der Waals surface area contributed by atoms with E-state index in [2.05, 4.69) is 4.98 Å². The van der Waals surface area contributed by atoms with Crippen LogP contribution in [0.1, 0.15) is 35.3 Å². The first-order chi connectivity index (χ1) is 9.91. The van der Waals surface area contributed by atoms with E-state index >= 15 is 0 Å². The van der Waals surface area contributed by atoms with Crippen molar-refractivity contribution in [1.82, 2.24) is 4.98 Å². The Hall–Kier alpha value is -1.88. The Morgan fingerprint density at radius 1 is 1.14 bits per heavy atom. The van der Waals surface area contributed by atoms with Gasteiger partial charge in [0.2, 0.25) is 0 Å². The largest absolute Gasteiger partial charge is 0.416 e. The molecule has 21 heavy (non-hydrogen) atoms. The maximum atomic E-state index is 12.5. The molecule has 0 fully saturated rings. The second-order valence-corrected chi connectivity index (χ2v) is 4.91. The predicted octanol–water partition coefficient (Wildman–Crippen LogP) is 3.91. The summed E-state index contributed by atoms with van der Waals surface area (Å²) in [5.74, 6) is 0. The van der Waals surface area contributed by atoms with Gasteiger partial charge in [0.15, 0.2) is 0 Å². The van der Waals surface area contributed by atoms with Crippen LogP contribution in [0.4, 0.5) is 13.2 Å². The van der Waals surface area contributed by atoms with Crippen molar-refractivity contribution < 1.29 is 13.2 Å². The van der Waals surface area contributed by atoms with Crippen LogP contribution in [-0.2, 0) is 19.0 Å². The highest BCUT2D eigenvalue weighted by molar-refractivity contribution is 5.28. The molecule has 2 N–H and O–H groups in total. The third-order valence-electron chi connectivity index (χ3n) is 3.40. The maximum absolute atomic E-state index is 12.5. The zero-order valence-corrected chi connectivity index (χ0v) is 11.7. The number of hydrogen-bond donors (Lipinski definition) is 1. The van der Waals surface area contributed by atoms with Crippen LogP contribution in [0.5, 0.6) is 0 Å². The number of benzene rings is 1. The van der Waals surface area contributed by atoms with Gasteiger partial charge in [-0.15, -0.1) is 0 Å². The lowest BCUT2D eigenvalue weighted by molar-refractivity contribution is -0.137. The zero-order chi connectivity index (χ0) is 15.5. The van der Waals surface area contributed by atoms with E-state index < -0.39 is 11.7 Å². The smallest absolute Gasteiger partial charge is 0.322 e. The molecule has 1 aromatic heterocycles. The van der Waals surface area contributed by atoms with Crippen LogP contribution >= 0.6 is 0 Å². The molecule has 0 aliphatic heterocycles. The molecule has 1 unspecified atom stereocenters. The molecule has 2 aromatic rings. The Morgan fingerprint density at radius 2 is 1.81 bits per heavy atom. The van der Waals surface area contributed by atoms with Crippen LogP contribution in [0.25, 0.3) is 0 Å². The average molecular weight is 294 g/mol. The molecule has 2 nitrogen and oxygen atoms in total. The first-order valence-electron chi connectivity index (χ1n) is 6.77. The molecule has 1 aromatic carbocycles. The van der Waals surface area contributed by atoms with Crippen molar-refractivity contribution >= 4 is 0 Å². The van der Waals surface area contributed by atoms with Crippen LogP contribution in [-0.4, -0.2) is 4.98 Å². The fraction of sp³-hybridized carbons (Fsp3) is 0.312. The van der Waals surface area contributed by atoms with Gasteiger partial charge < -0.3 is 5.73 Å². The lowest BCUT2D eigenvalue weighted by Gasteiger charge is -2.15. The summed E-state index contributed by atoms with van der Waals surface area (Å²) in [5.41, 5.74) is 8.14. The van der Waals surface area contributed by atoms with Gasteiger partial charge in [-0.3, -0.25) is 4.98 Å². The van der Waals surface area contributed by atoms with Crippen molar-refractivity contribution in [2.75, 3.05) is 0 Å². The van der Waals surface area contributed by atoms with Crippen LogP contribution in [0.15, 0.2) is 42.6 Å². The van der Waals surface area contributed by atoms with Crippen LogP contribution in [0, 0.1) is 0 Å². The molecule has 0 bridgehead atoms. The first-order valence-corrected chi connectivity index (χ1v) is 6.77. The molecule has 1 atom stereocenters. The van der Waals surface area contributed by atoms with E-state index in [0.29, 0.717) is 6.42 Å². The Balaban J connectivity index is 2.14. The summed E-state index contributed by atoms with van der Waals surface area (Å²) in [7, 11) is 0. The molecule has 0 saturated carbocycles. The Labute approximate surface area is 121 Å². The summed E-state index contributed by atoms with van der Waals surface area (Å²) in [6.45, 7) is 2.02. The molecule has 2 rings (SSSR count). The van der Waals surface area contributed by atoms with Gasteiger partial charge in [0.1, 0.15) is 0 Å². The van der Waals surface area contributed by atoms with Gasteiger partial charge >= 0.3 is 6.18 Å². The van der Waals surface area contributed by atoms with Crippen LogP contribution in [0.2, 0.25) is 0 Å². The molecule has 1 heterocycles. The topological polar surface area (TPSA) is 38.9 Å². The predicted molar refractivity (Wildman–Crippen MR) is 75.7 cm³/mol. The van der Waals surface area contributed by atoms with Crippen molar-refractivity contribution in [2.45, 2.75) is 32.0 Å². The van der Waals surface area contributed by atoms with Crippen molar-refractivity contribution in [2.24, 2.45) is 5.73 Å². The molecule has 5 heteroatoms. The van der Waals surface area contributed by atoms with E-state index in [1.54, 1.807) is 6.20 Å². The summed E-state index contributed by atoms with van der Waals surface area (Å²) < 4.78 is 37.5. The van der Waals surface area contributed by atoms with E-state index in [1.165, 1.54) is 12.1 Å². The van der Waals surface area contributed by atoms with E-state index in [-0.39, 0.29) is 6.04 Å². The summed E-state index contributed by atoms with van der Waals surface area (Å²) >= 11 is 0. The fourth-order valence-corrected chi connectivity index (χ4v) is 2.26. The van der Waals surface area contributed by atoms with Gasteiger partial charge in [-0.25, -0.2) is 0 Å². The number of nitrogens with zero attached hydrogens (tertiary/aromatic N) is 1. The number of hydrogen-bond acceptors (Lipinski definition) is 2. The van der Waals surface area contributed by atoms with Gasteiger partial charge in [-0.2, -0.15) is 13.2 Å². The second-order valence-electron chi connectivity index (χ2n) is 4.91. The van der Waals surface area contributed by atoms with E-state index in [1.807, 2.05) is 19.1 Å². The molecule has 0 radical (unpaired) electrons. The number of nitrogens with two attached hydrogens (primary N) is 1. The zero-order valence-electron chi connectivity index (χ0n) is 11.7. The van der Waals surface area contributed by atoms with E-state index in [4.69, 9.17) is 5.73 Å². The summed E-state index contributed by atoms with van der Waals surface area (Å²) in [6, 6.07) is 8.61. The Bertz CT molecular complexity index is 591. The summed E-state index contributed by atoms with van der Waals surface area (Å²) in [6.07, 6.45) is -1.34. The highest BCUT2D eigenvalue weighted by Gasteiger charge is 2.30. The van der Waals surface area contributed by atoms with Gasteiger partial charge in [-0.1, -0.05) is 25.1 Å². The number of aromatic nitrogens is 1. The maximum Gasteiger partial charge on any atom is 0.416 e.